The lowest BCUT2D eigenvalue weighted by Gasteiger charge is -2.31. The van der Waals surface area contributed by atoms with Crippen molar-refractivity contribution in [3.63, 3.8) is 0 Å². The summed E-state index contributed by atoms with van der Waals surface area (Å²) in [7, 11) is 0. The second-order valence-electron chi connectivity index (χ2n) is 8.80. The molecule has 0 bridgehead atoms. The smallest absolute Gasteiger partial charge is 0.382 e. The lowest BCUT2D eigenvalue weighted by Crippen LogP contribution is -2.41. The Labute approximate surface area is 219 Å². The molecular formula is C25H23BrClF3N4O2. The van der Waals surface area contributed by atoms with Crippen molar-refractivity contribution in [1.29, 1.82) is 0 Å². The number of carbonyl (C=O) groups excluding carboxylic acids is 2. The monoisotopic (exact) mass is 582 g/mol. The maximum Gasteiger partial charge on any atom is 0.433 e. The number of benzene rings is 2. The van der Waals surface area contributed by atoms with Gasteiger partial charge in [-0.2, -0.15) is 13.2 Å². The van der Waals surface area contributed by atoms with E-state index in [1.54, 1.807) is 24.3 Å². The second-order valence-corrected chi connectivity index (χ2v) is 10.2. The molecule has 4 rings (SSSR count). The number of halogens is 5. The molecule has 1 fully saturated rings. The fourth-order valence-corrected chi connectivity index (χ4v) is 5.06. The highest BCUT2D eigenvalue weighted by molar-refractivity contribution is 9.10. The quantitative estimate of drug-likeness (QED) is 0.309. The Kier molecular flexibility index (Phi) is 7.75. The maximum absolute atomic E-state index is 13.5. The fourth-order valence-electron chi connectivity index (χ4n) is 4.40. The van der Waals surface area contributed by atoms with E-state index in [0.29, 0.717) is 38.2 Å². The van der Waals surface area contributed by atoms with Crippen LogP contribution in [0.5, 0.6) is 0 Å². The third-order valence-electron chi connectivity index (χ3n) is 5.91. The van der Waals surface area contributed by atoms with E-state index >= 15 is 0 Å². The average Bonchev–Trinajstić information content (AvgIpc) is 2.78. The van der Waals surface area contributed by atoms with Crippen molar-refractivity contribution >= 4 is 61.6 Å². The third-order valence-corrected chi connectivity index (χ3v) is 6.60. The molecule has 0 spiro atoms. The molecule has 1 aromatic heterocycles. The number of hydrogen-bond acceptors (Lipinski definition) is 4. The summed E-state index contributed by atoms with van der Waals surface area (Å²) in [6.07, 6.45) is -1.79. The molecule has 3 N–H and O–H groups in total. The molecule has 0 unspecified atom stereocenters. The molecule has 2 amide bonds. The van der Waals surface area contributed by atoms with Gasteiger partial charge in [-0.3, -0.25) is 9.59 Å². The first-order chi connectivity index (χ1) is 17.0. The second kappa shape index (κ2) is 10.6. The van der Waals surface area contributed by atoms with E-state index in [4.69, 9.17) is 11.6 Å². The van der Waals surface area contributed by atoms with Crippen LogP contribution >= 0.6 is 27.5 Å². The van der Waals surface area contributed by atoms with Crippen LogP contribution in [0, 0.1) is 0 Å². The molecule has 2 aromatic carbocycles. The van der Waals surface area contributed by atoms with E-state index in [1.807, 2.05) is 0 Å². The number of nitrogens with one attached hydrogen (secondary N) is 3. The van der Waals surface area contributed by atoms with E-state index in [-0.39, 0.29) is 29.4 Å². The van der Waals surface area contributed by atoms with Crippen LogP contribution < -0.4 is 16.0 Å². The molecule has 6 nitrogen and oxygen atoms in total. The lowest BCUT2D eigenvalue weighted by molar-refractivity contribution is -0.140. The lowest BCUT2D eigenvalue weighted by atomic mass is 9.90. The molecular weight excluding hydrogens is 561 g/mol. The van der Waals surface area contributed by atoms with E-state index in [1.165, 1.54) is 19.1 Å². The minimum Gasteiger partial charge on any atom is -0.382 e. The molecule has 36 heavy (non-hydrogen) atoms. The van der Waals surface area contributed by atoms with Gasteiger partial charge < -0.3 is 16.0 Å². The number of carbonyl (C=O) groups is 2. The fraction of sp³-hybridized carbons (Fsp3) is 0.320. The van der Waals surface area contributed by atoms with Crippen molar-refractivity contribution in [2.24, 2.45) is 0 Å². The molecule has 0 aliphatic heterocycles. The standard InChI is InChI=1S/C25H23BrClF3N4O2/c1-13(35)31-19-8-14(7-15(26)9-19)24(36)33-18-4-2-3-17(11-18)32-22-12-23(25(28,29)30)34-21-6-5-16(27)10-20(21)22/h5-10,12,17-18H,2-4,11H2,1H3,(H,31,35)(H,32,34)(H,33,36)/t17-,18+/m0/s1. The zero-order valence-electron chi connectivity index (χ0n) is 19.2. The molecule has 2 atom stereocenters. The molecule has 0 radical (unpaired) electrons. The van der Waals surface area contributed by atoms with Crippen molar-refractivity contribution in [2.75, 3.05) is 10.6 Å². The van der Waals surface area contributed by atoms with Crippen molar-refractivity contribution in [3.05, 3.63) is 63.2 Å². The Morgan fingerprint density at radius 1 is 1.08 bits per heavy atom. The number of nitrogens with zero attached hydrogens (tertiary/aromatic N) is 1. The van der Waals surface area contributed by atoms with E-state index in [2.05, 4.69) is 36.9 Å². The van der Waals surface area contributed by atoms with Gasteiger partial charge in [0.2, 0.25) is 5.91 Å². The van der Waals surface area contributed by atoms with Crippen LogP contribution in [-0.2, 0) is 11.0 Å². The summed E-state index contributed by atoms with van der Waals surface area (Å²) < 4.78 is 41.0. The van der Waals surface area contributed by atoms with Crippen LogP contribution in [-0.4, -0.2) is 28.9 Å². The zero-order chi connectivity index (χ0) is 26.0. The van der Waals surface area contributed by atoms with Crippen LogP contribution in [0.4, 0.5) is 24.5 Å². The Bertz CT molecular complexity index is 1320. The van der Waals surface area contributed by atoms with Gasteiger partial charge in [-0.25, -0.2) is 4.98 Å². The minimum atomic E-state index is -4.59. The average molecular weight is 584 g/mol. The summed E-state index contributed by atoms with van der Waals surface area (Å²) in [4.78, 5) is 28.1. The molecule has 1 heterocycles. The van der Waals surface area contributed by atoms with Crippen molar-refractivity contribution in [2.45, 2.75) is 50.9 Å². The summed E-state index contributed by atoms with van der Waals surface area (Å²) in [6.45, 7) is 1.38. The Balaban J connectivity index is 1.51. The molecule has 190 valence electrons. The third kappa shape index (κ3) is 6.47. The Hall–Kier alpha value is -2.85. The highest BCUT2D eigenvalue weighted by Gasteiger charge is 2.34. The number of amides is 2. The molecule has 1 saturated carbocycles. The predicted molar refractivity (Wildman–Crippen MR) is 137 cm³/mol. The van der Waals surface area contributed by atoms with Crippen molar-refractivity contribution in [3.8, 4) is 0 Å². The summed E-state index contributed by atoms with van der Waals surface area (Å²) in [5.74, 6) is -0.548. The predicted octanol–water partition coefficient (Wildman–Crippen LogP) is 6.78. The highest BCUT2D eigenvalue weighted by Crippen LogP contribution is 2.35. The topological polar surface area (TPSA) is 83.1 Å². The number of anilines is 2. The number of hydrogen-bond donors (Lipinski definition) is 3. The van der Waals surface area contributed by atoms with Gasteiger partial charge in [-0.1, -0.05) is 27.5 Å². The van der Waals surface area contributed by atoms with Crippen LogP contribution in [0.1, 0.15) is 48.7 Å². The van der Waals surface area contributed by atoms with Crippen LogP contribution in [0.15, 0.2) is 46.9 Å². The van der Waals surface area contributed by atoms with E-state index in [0.717, 1.165) is 25.3 Å². The van der Waals surface area contributed by atoms with Crippen LogP contribution in [0.2, 0.25) is 5.02 Å². The van der Waals surface area contributed by atoms with Gasteiger partial charge in [0.15, 0.2) is 0 Å². The summed E-state index contributed by atoms with van der Waals surface area (Å²) in [6, 6.07) is 10.2. The van der Waals surface area contributed by atoms with Crippen molar-refractivity contribution < 1.29 is 22.8 Å². The van der Waals surface area contributed by atoms with Crippen LogP contribution in [0.3, 0.4) is 0 Å². The van der Waals surface area contributed by atoms with Crippen molar-refractivity contribution in [1.82, 2.24) is 10.3 Å². The maximum atomic E-state index is 13.5. The summed E-state index contributed by atoms with van der Waals surface area (Å²) in [5.41, 5.74) is 0.396. The number of alkyl halides is 3. The molecule has 3 aromatic rings. The minimum absolute atomic E-state index is 0.160. The Morgan fingerprint density at radius 3 is 2.56 bits per heavy atom. The van der Waals surface area contributed by atoms with Gasteiger partial charge in [0.25, 0.3) is 5.91 Å². The van der Waals surface area contributed by atoms with E-state index < -0.39 is 11.9 Å². The molecule has 0 saturated heterocycles. The number of fused-ring (bicyclic) bond motifs is 1. The first-order valence-corrected chi connectivity index (χ1v) is 12.5. The summed E-state index contributed by atoms with van der Waals surface area (Å²) in [5, 5.41) is 9.81. The largest absolute Gasteiger partial charge is 0.433 e. The van der Waals surface area contributed by atoms with Gasteiger partial charge in [0.1, 0.15) is 5.69 Å². The number of pyridine rings is 1. The van der Waals surface area contributed by atoms with Crippen LogP contribution in [0.25, 0.3) is 10.9 Å². The summed E-state index contributed by atoms with van der Waals surface area (Å²) >= 11 is 9.45. The zero-order valence-corrected chi connectivity index (χ0v) is 21.5. The first kappa shape index (κ1) is 26.2. The molecule has 11 heteroatoms. The van der Waals surface area contributed by atoms with E-state index in [9.17, 15) is 22.8 Å². The van der Waals surface area contributed by atoms with Gasteiger partial charge in [-0.05, 0) is 68.1 Å². The molecule has 1 aliphatic rings. The molecule has 1 aliphatic carbocycles. The van der Waals surface area contributed by atoms with Gasteiger partial charge in [0.05, 0.1) is 5.52 Å². The SMILES string of the molecule is CC(=O)Nc1cc(Br)cc(C(=O)N[C@@H]2CCC[C@H](Nc3cc(C(F)(F)F)nc4ccc(Cl)cc34)C2)c1. The first-order valence-electron chi connectivity index (χ1n) is 11.3. The normalized spacial score (nSPS) is 18.1. The van der Waals surface area contributed by atoms with Gasteiger partial charge in [0, 0.05) is 50.8 Å². The van der Waals surface area contributed by atoms with Gasteiger partial charge in [-0.15, -0.1) is 0 Å². The Morgan fingerprint density at radius 2 is 1.83 bits per heavy atom. The number of aromatic nitrogens is 1. The highest BCUT2D eigenvalue weighted by atomic mass is 79.9. The number of rotatable bonds is 5. The van der Waals surface area contributed by atoms with Gasteiger partial charge >= 0.3 is 6.18 Å².